The molecular weight excluding hydrogens is 297 g/mol. The lowest BCUT2D eigenvalue weighted by molar-refractivity contribution is 0.0691. The molecule has 2 rings (SSSR count). The molecule has 0 unspecified atom stereocenters. The van der Waals surface area contributed by atoms with Crippen molar-refractivity contribution in [3.05, 3.63) is 45.7 Å². The Bertz CT molecular complexity index is 687. The Morgan fingerprint density at radius 3 is 2.86 bits per heavy atom. The molecule has 0 saturated carbocycles. The Labute approximate surface area is 123 Å². The number of amides is 1. The molecule has 1 aromatic carbocycles. The van der Waals surface area contributed by atoms with E-state index in [0.717, 1.165) is 17.1 Å². The molecule has 2 aromatic rings. The van der Waals surface area contributed by atoms with E-state index in [1.165, 1.54) is 17.4 Å². The highest BCUT2D eigenvalue weighted by Crippen LogP contribution is 2.17. The van der Waals surface area contributed by atoms with Crippen LogP contribution in [-0.2, 0) is 6.42 Å². The van der Waals surface area contributed by atoms with E-state index in [2.05, 4.69) is 10.3 Å². The van der Waals surface area contributed by atoms with Crippen LogP contribution in [0.1, 0.15) is 25.9 Å². The molecule has 8 heteroatoms. The minimum Gasteiger partial charge on any atom is -0.478 e. The number of aromatic nitrogens is 1. The number of hydrogen-bond donors (Lipinski definition) is 3. The second-order valence-electron chi connectivity index (χ2n) is 4.12. The van der Waals surface area contributed by atoms with Gasteiger partial charge in [-0.15, -0.1) is 11.3 Å². The third-order valence-corrected chi connectivity index (χ3v) is 3.51. The summed E-state index contributed by atoms with van der Waals surface area (Å²) < 4.78 is 13.3. The van der Waals surface area contributed by atoms with E-state index in [9.17, 15) is 14.0 Å². The van der Waals surface area contributed by atoms with Gasteiger partial charge in [-0.25, -0.2) is 14.2 Å². The van der Waals surface area contributed by atoms with Crippen LogP contribution in [-0.4, -0.2) is 28.5 Å². The van der Waals surface area contributed by atoms with Gasteiger partial charge in [-0.2, -0.15) is 0 Å². The number of anilines is 1. The molecule has 0 aliphatic carbocycles. The standard InChI is InChI=1S/C13H12FN3O3S/c14-9-2-1-7(5-8(9)13(19)20)16-12(18)10-6-21-11(17-10)3-4-15/h1-2,5-6H,3-4,15H2,(H,16,18)(H,19,20). The summed E-state index contributed by atoms with van der Waals surface area (Å²) in [5.41, 5.74) is 5.30. The van der Waals surface area contributed by atoms with E-state index < -0.39 is 23.3 Å². The van der Waals surface area contributed by atoms with Gasteiger partial charge in [0.25, 0.3) is 5.91 Å². The molecule has 110 valence electrons. The fourth-order valence-corrected chi connectivity index (χ4v) is 2.41. The highest BCUT2D eigenvalue weighted by Gasteiger charge is 2.14. The number of carboxylic acids is 1. The minimum atomic E-state index is -1.40. The quantitative estimate of drug-likeness (QED) is 0.780. The Morgan fingerprint density at radius 2 is 2.19 bits per heavy atom. The molecule has 1 amide bonds. The summed E-state index contributed by atoms with van der Waals surface area (Å²) in [6.45, 7) is 0.439. The lowest BCUT2D eigenvalue weighted by atomic mass is 10.2. The summed E-state index contributed by atoms with van der Waals surface area (Å²) in [6, 6.07) is 3.33. The van der Waals surface area contributed by atoms with Crippen LogP contribution in [0, 0.1) is 5.82 Å². The molecule has 4 N–H and O–H groups in total. The number of carboxylic acid groups (broad SMARTS) is 1. The van der Waals surface area contributed by atoms with Gasteiger partial charge in [0.15, 0.2) is 0 Å². The van der Waals surface area contributed by atoms with Crippen molar-refractivity contribution >= 4 is 28.9 Å². The topological polar surface area (TPSA) is 105 Å². The highest BCUT2D eigenvalue weighted by atomic mass is 32.1. The number of nitrogens with two attached hydrogens (primary N) is 1. The summed E-state index contributed by atoms with van der Waals surface area (Å²) in [4.78, 5) is 26.9. The Kier molecular flexibility index (Phi) is 4.61. The van der Waals surface area contributed by atoms with Crippen LogP contribution < -0.4 is 11.1 Å². The van der Waals surface area contributed by atoms with E-state index >= 15 is 0 Å². The summed E-state index contributed by atoms with van der Waals surface area (Å²) in [7, 11) is 0. The molecule has 0 fully saturated rings. The van der Waals surface area contributed by atoms with Crippen molar-refractivity contribution in [3.8, 4) is 0 Å². The first-order valence-electron chi connectivity index (χ1n) is 6.00. The maximum Gasteiger partial charge on any atom is 0.338 e. The van der Waals surface area contributed by atoms with Gasteiger partial charge in [-0.1, -0.05) is 0 Å². The third-order valence-electron chi connectivity index (χ3n) is 2.60. The van der Waals surface area contributed by atoms with Gasteiger partial charge in [-0.05, 0) is 24.7 Å². The number of carbonyl (C=O) groups excluding carboxylic acids is 1. The predicted molar refractivity (Wildman–Crippen MR) is 76.2 cm³/mol. The molecule has 0 aliphatic heterocycles. The molecule has 0 bridgehead atoms. The number of hydrogen-bond acceptors (Lipinski definition) is 5. The van der Waals surface area contributed by atoms with E-state index in [4.69, 9.17) is 10.8 Å². The second-order valence-corrected chi connectivity index (χ2v) is 5.06. The van der Waals surface area contributed by atoms with Crippen LogP contribution >= 0.6 is 11.3 Å². The number of aromatic carboxylic acids is 1. The smallest absolute Gasteiger partial charge is 0.338 e. The molecular formula is C13H12FN3O3S. The van der Waals surface area contributed by atoms with Gasteiger partial charge in [0, 0.05) is 17.5 Å². The Morgan fingerprint density at radius 1 is 1.43 bits per heavy atom. The average molecular weight is 309 g/mol. The molecule has 1 heterocycles. The van der Waals surface area contributed by atoms with Crippen molar-refractivity contribution in [2.75, 3.05) is 11.9 Å². The minimum absolute atomic E-state index is 0.187. The first kappa shape index (κ1) is 15.1. The van der Waals surface area contributed by atoms with Gasteiger partial charge in [-0.3, -0.25) is 4.79 Å². The number of rotatable bonds is 5. The van der Waals surface area contributed by atoms with Crippen LogP contribution in [0.5, 0.6) is 0 Å². The van der Waals surface area contributed by atoms with E-state index in [-0.39, 0.29) is 11.4 Å². The largest absolute Gasteiger partial charge is 0.478 e. The van der Waals surface area contributed by atoms with E-state index in [0.29, 0.717) is 13.0 Å². The summed E-state index contributed by atoms with van der Waals surface area (Å²) in [5, 5.41) is 13.6. The zero-order valence-electron chi connectivity index (χ0n) is 10.8. The SMILES string of the molecule is NCCc1nc(C(=O)Nc2ccc(F)c(C(=O)O)c2)cs1. The molecule has 6 nitrogen and oxygen atoms in total. The zero-order chi connectivity index (χ0) is 15.4. The lowest BCUT2D eigenvalue weighted by Crippen LogP contribution is -2.13. The monoisotopic (exact) mass is 309 g/mol. The van der Waals surface area contributed by atoms with Gasteiger partial charge >= 0.3 is 5.97 Å². The van der Waals surface area contributed by atoms with Gasteiger partial charge in [0.05, 0.1) is 10.6 Å². The Balaban J connectivity index is 2.15. The van der Waals surface area contributed by atoms with Crippen LogP contribution in [0.4, 0.5) is 10.1 Å². The summed E-state index contributed by atoms with van der Waals surface area (Å²) in [6.07, 6.45) is 0.581. The van der Waals surface area contributed by atoms with E-state index in [1.54, 1.807) is 5.38 Å². The number of nitrogens with one attached hydrogen (secondary N) is 1. The van der Waals surface area contributed by atoms with Crippen molar-refractivity contribution in [3.63, 3.8) is 0 Å². The molecule has 0 radical (unpaired) electrons. The first-order valence-corrected chi connectivity index (χ1v) is 6.88. The molecule has 0 spiro atoms. The predicted octanol–water partition coefficient (Wildman–Crippen LogP) is 1.73. The summed E-state index contributed by atoms with van der Waals surface area (Å²) >= 11 is 1.32. The number of benzene rings is 1. The van der Waals surface area contributed by atoms with Crippen LogP contribution in [0.2, 0.25) is 0 Å². The fraction of sp³-hybridized carbons (Fsp3) is 0.154. The molecule has 0 atom stereocenters. The van der Waals surface area contributed by atoms with Crippen molar-refractivity contribution in [2.24, 2.45) is 5.73 Å². The number of halogens is 1. The van der Waals surface area contributed by atoms with Gasteiger partial charge in [0.2, 0.25) is 0 Å². The number of thiazole rings is 1. The molecule has 21 heavy (non-hydrogen) atoms. The van der Waals surface area contributed by atoms with Crippen molar-refractivity contribution in [1.29, 1.82) is 0 Å². The summed E-state index contributed by atoms with van der Waals surface area (Å²) in [5.74, 6) is -2.75. The maximum absolute atomic E-state index is 13.3. The van der Waals surface area contributed by atoms with E-state index in [1.807, 2.05) is 0 Å². The van der Waals surface area contributed by atoms with Gasteiger partial charge < -0.3 is 16.2 Å². The molecule has 0 aliphatic rings. The van der Waals surface area contributed by atoms with Gasteiger partial charge in [0.1, 0.15) is 11.5 Å². The lowest BCUT2D eigenvalue weighted by Gasteiger charge is -2.05. The third kappa shape index (κ3) is 3.61. The number of nitrogens with zero attached hydrogens (tertiary/aromatic N) is 1. The Hall–Kier alpha value is -2.32. The fourth-order valence-electron chi connectivity index (χ4n) is 1.62. The highest BCUT2D eigenvalue weighted by molar-refractivity contribution is 7.09. The van der Waals surface area contributed by atoms with Crippen molar-refractivity contribution < 1.29 is 19.1 Å². The molecule has 0 saturated heterocycles. The van der Waals surface area contributed by atoms with Crippen LogP contribution in [0.25, 0.3) is 0 Å². The van der Waals surface area contributed by atoms with Crippen LogP contribution in [0.15, 0.2) is 23.6 Å². The second kappa shape index (κ2) is 6.42. The first-order chi connectivity index (χ1) is 10.0. The maximum atomic E-state index is 13.3. The average Bonchev–Trinajstić information content (AvgIpc) is 2.90. The zero-order valence-corrected chi connectivity index (χ0v) is 11.6. The van der Waals surface area contributed by atoms with Crippen molar-refractivity contribution in [1.82, 2.24) is 4.98 Å². The number of carbonyl (C=O) groups is 2. The normalized spacial score (nSPS) is 10.4. The molecule has 1 aromatic heterocycles. The van der Waals surface area contributed by atoms with Crippen molar-refractivity contribution in [2.45, 2.75) is 6.42 Å². The van der Waals surface area contributed by atoms with Crippen LogP contribution in [0.3, 0.4) is 0 Å².